The number of carbonyl (C=O) groups excluding carboxylic acids is 1. The normalized spacial score (nSPS) is 22.6. The summed E-state index contributed by atoms with van der Waals surface area (Å²) in [7, 11) is 0. The van der Waals surface area contributed by atoms with Crippen molar-refractivity contribution in [1.29, 1.82) is 0 Å². The van der Waals surface area contributed by atoms with Gasteiger partial charge in [0, 0.05) is 50.4 Å². The molecule has 1 saturated carbocycles. The Bertz CT molecular complexity index is 965. The zero-order valence-electron chi connectivity index (χ0n) is 19.0. The van der Waals surface area contributed by atoms with Gasteiger partial charge in [0.15, 0.2) is 5.82 Å². The van der Waals surface area contributed by atoms with E-state index in [9.17, 15) is 9.59 Å². The van der Waals surface area contributed by atoms with Gasteiger partial charge in [-0.3, -0.25) is 14.5 Å². The Morgan fingerprint density at radius 3 is 2.35 bits per heavy atom. The Morgan fingerprint density at radius 2 is 1.71 bits per heavy atom. The summed E-state index contributed by atoms with van der Waals surface area (Å²) in [6.45, 7) is 10.7. The van der Waals surface area contributed by atoms with Crippen molar-refractivity contribution >= 4 is 5.91 Å². The monoisotopic (exact) mass is 426 g/mol. The van der Waals surface area contributed by atoms with Gasteiger partial charge in [-0.05, 0) is 57.6 Å². The van der Waals surface area contributed by atoms with E-state index in [2.05, 4.69) is 22.0 Å². The van der Waals surface area contributed by atoms with Gasteiger partial charge in [0.2, 0.25) is 5.91 Å². The summed E-state index contributed by atoms with van der Waals surface area (Å²) in [5, 5.41) is 8.98. The summed E-state index contributed by atoms with van der Waals surface area (Å²) in [6, 6.07) is 5.26. The molecule has 8 heteroatoms. The molecule has 0 unspecified atom stereocenters. The minimum Gasteiger partial charge on any atom is -0.340 e. The predicted octanol–water partition coefficient (Wildman–Crippen LogP) is 2.02. The standard InChI is InChI=1S/C23H34N6O2/c1-17-4-6-20(7-5-17)23(31)27-13-10-26(11-14-27)12-15-28-22(30)9-8-21(25-28)29-19(3)16-18(2)24-29/h8-9,16-17,20H,4-7,10-15H2,1-3H3. The van der Waals surface area contributed by atoms with Crippen LogP contribution in [0.4, 0.5) is 0 Å². The van der Waals surface area contributed by atoms with Crippen LogP contribution in [0.25, 0.3) is 5.82 Å². The molecular formula is C23H34N6O2. The maximum absolute atomic E-state index is 12.8. The number of aryl methyl sites for hydroxylation is 2. The maximum atomic E-state index is 12.8. The van der Waals surface area contributed by atoms with Crippen molar-refractivity contribution in [3.8, 4) is 5.82 Å². The Balaban J connectivity index is 1.31. The smallest absolute Gasteiger partial charge is 0.266 e. The molecule has 2 aliphatic rings. The molecule has 31 heavy (non-hydrogen) atoms. The van der Waals surface area contributed by atoms with Crippen LogP contribution in [0.5, 0.6) is 0 Å². The molecule has 1 saturated heterocycles. The highest BCUT2D eigenvalue weighted by atomic mass is 16.2. The topological polar surface area (TPSA) is 76.3 Å². The Morgan fingerprint density at radius 1 is 1.00 bits per heavy atom. The molecule has 0 atom stereocenters. The number of hydrogen-bond donors (Lipinski definition) is 0. The summed E-state index contributed by atoms with van der Waals surface area (Å²) in [5.41, 5.74) is 1.81. The lowest BCUT2D eigenvalue weighted by Gasteiger charge is -2.37. The molecule has 4 rings (SSSR count). The van der Waals surface area contributed by atoms with E-state index >= 15 is 0 Å². The van der Waals surface area contributed by atoms with Crippen LogP contribution in [-0.4, -0.2) is 68.0 Å². The van der Waals surface area contributed by atoms with E-state index in [0.717, 1.165) is 62.9 Å². The SMILES string of the molecule is Cc1cc(C)n(-c2ccc(=O)n(CCN3CCN(C(=O)C4CCC(C)CC4)CC3)n2)n1. The van der Waals surface area contributed by atoms with Crippen LogP contribution >= 0.6 is 0 Å². The van der Waals surface area contributed by atoms with E-state index in [1.807, 2.05) is 24.8 Å². The Kier molecular flexibility index (Phi) is 6.55. The molecule has 0 N–H and O–H groups in total. The number of piperazine rings is 1. The number of carbonyl (C=O) groups is 1. The van der Waals surface area contributed by atoms with Crippen molar-refractivity contribution in [3.05, 3.63) is 39.9 Å². The van der Waals surface area contributed by atoms with E-state index in [4.69, 9.17) is 0 Å². The average Bonchev–Trinajstić information content (AvgIpc) is 3.11. The number of hydrogen-bond acceptors (Lipinski definition) is 5. The van der Waals surface area contributed by atoms with E-state index in [1.54, 1.807) is 16.8 Å². The minimum atomic E-state index is -0.106. The molecule has 1 aliphatic carbocycles. The molecule has 168 valence electrons. The van der Waals surface area contributed by atoms with Gasteiger partial charge >= 0.3 is 0 Å². The summed E-state index contributed by atoms with van der Waals surface area (Å²) in [4.78, 5) is 29.5. The van der Waals surface area contributed by atoms with Crippen LogP contribution < -0.4 is 5.56 Å². The molecule has 1 aliphatic heterocycles. The molecule has 0 bridgehead atoms. The van der Waals surface area contributed by atoms with Crippen molar-refractivity contribution in [2.24, 2.45) is 11.8 Å². The zero-order valence-corrected chi connectivity index (χ0v) is 19.0. The van der Waals surface area contributed by atoms with E-state index < -0.39 is 0 Å². The molecule has 0 aromatic carbocycles. The van der Waals surface area contributed by atoms with Gasteiger partial charge in [0.1, 0.15) is 0 Å². The highest BCUT2D eigenvalue weighted by molar-refractivity contribution is 5.79. The van der Waals surface area contributed by atoms with Gasteiger partial charge in [0.25, 0.3) is 5.56 Å². The third kappa shape index (κ3) is 5.06. The van der Waals surface area contributed by atoms with E-state index in [1.165, 1.54) is 17.5 Å². The van der Waals surface area contributed by atoms with E-state index in [-0.39, 0.29) is 11.5 Å². The molecule has 3 heterocycles. The van der Waals surface area contributed by atoms with Crippen LogP contribution in [0.3, 0.4) is 0 Å². The predicted molar refractivity (Wildman–Crippen MR) is 119 cm³/mol. The van der Waals surface area contributed by atoms with Gasteiger partial charge in [-0.2, -0.15) is 5.10 Å². The summed E-state index contributed by atoms with van der Waals surface area (Å²) >= 11 is 0. The molecule has 1 amide bonds. The fourth-order valence-corrected chi connectivity index (χ4v) is 4.77. The number of nitrogens with zero attached hydrogens (tertiary/aromatic N) is 6. The van der Waals surface area contributed by atoms with Crippen LogP contribution in [0.1, 0.15) is 44.0 Å². The molecule has 2 aromatic heterocycles. The van der Waals surface area contributed by atoms with Gasteiger partial charge in [0.05, 0.1) is 12.2 Å². The van der Waals surface area contributed by atoms with Crippen LogP contribution in [0.15, 0.2) is 23.0 Å². The van der Waals surface area contributed by atoms with E-state index in [0.29, 0.717) is 18.3 Å². The van der Waals surface area contributed by atoms with Gasteiger partial charge < -0.3 is 4.90 Å². The largest absolute Gasteiger partial charge is 0.340 e. The first-order valence-corrected chi connectivity index (χ1v) is 11.5. The van der Waals surface area contributed by atoms with Crippen LogP contribution in [0.2, 0.25) is 0 Å². The first-order chi connectivity index (χ1) is 14.9. The second-order valence-electron chi connectivity index (χ2n) is 9.22. The molecule has 0 radical (unpaired) electrons. The molecule has 2 fully saturated rings. The first-order valence-electron chi connectivity index (χ1n) is 11.5. The van der Waals surface area contributed by atoms with Gasteiger partial charge in [-0.25, -0.2) is 9.36 Å². The van der Waals surface area contributed by atoms with Crippen molar-refractivity contribution in [3.63, 3.8) is 0 Å². The second kappa shape index (κ2) is 9.34. The zero-order chi connectivity index (χ0) is 22.0. The quantitative estimate of drug-likeness (QED) is 0.731. The molecule has 8 nitrogen and oxygen atoms in total. The summed E-state index contributed by atoms with van der Waals surface area (Å²) < 4.78 is 3.29. The molecule has 0 spiro atoms. The molecule has 2 aromatic rings. The summed E-state index contributed by atoms with van der Waals surface area (Å²) in [5.74, 6) is 1.99. The van der Waals surface area contributed by atoms with Crippen molar-refractivity contribution in [1.82, 2.24) is 29.4 Å². The fraction of sp³-hybridized carbons (Fsp3) is 0.652. The van der Waals surface area contributed by atoms with Crippen LogP contribution in [0, 0.1) is 25.7 Å². The lowest BCUT2D eigenvalue weighted by atomic mass is 9.82. The van der Waals surface area contributed by atoms with Crippen LogP contribution in [-0.2, 0) is 11.3 Å². The maximum Gasteiger partial charge on any atom is 0.266 e. The van der Waals surface area contributed by atoms with Crippen molar-refractivity contribution < 1.29 is 4.79 Å². The van der Waals surface area contributed by atoms with Gasteiger partial charge in [-0.15, -0.1) is 5.10 Å². The molecular weight excluding hydrogens is 392 g/mol. The number of aromatic nitrogens is 4. The number of amides is 1. The summed E-state index contributed by atoms with van der Waals surface area (Å²) in [6.07, 6.45) is 4.43. The van der Waals surface area contributed by atoms with Crippen molar-refractivity contribution in [2.45, 2.75) is 53.0 Å². The third-order valence-electron chi connectivity index (χ3n) is 6.76. The minimum absolute atomic E-state index is 0.106. The Hall–Kier alpha value is -2.48. The Labute approximate surface area is 183 Å². The third-order valence-corrected chi connectivity index (χ3v) is 6.76. The lowest BCUT2D eigenvalue weighted by Crippen LogP contribution is -2.51. The lowest BCUT2D eigenvalue weighted by molar-refractivity contribution is -0.138. The highest BCUT2D eigenvalue weighted by Gasteiger charge is 2.30. The van der Waals surface area contributed by atoms with Crippen molar-refractivity contribution in [2.75, 3.05) is 32.7 Å². The number of rotatable bonds is 5. The average molecular weight is 427 g/mol. The second-order valence-corrected chi connectivity index (χ2v) is 9.22. The van der Waals surface area contributed by atoms with Gasteiger partial charge in [-0.1, -0.05) is 6.92 Å². The fourth-order valence-electron chi connectivity index (χ4n) is 4.77. The first kappa shape index (κ1) is 21.7. The highest BCUT2D eigenvalue weighted by Crippen LogP contribution is 2.29.